The topological polar surface area (TPSA) is 70.3 Å². The van der Waals surface area contributed by atoms with Crippen LogP contribution in [0, 0.1) is 0 Å². The van der Waals surface area contributed by atoms with Crippen LogP contribution in [0.25, 0.3) is 0 Å². The van der Waals surface area contributed by atoms with Crippen molar-refractivity contribution in [2.24, 2.45) is 0 Å². The van der Waals surface area contributed by atoms with Gasteiger partial charge >= 0.3 is 0 Å². The van der Waals surface area contributed by atoms with Gasteiger partial charge in [0.1, 0.15) is 11.9 Å². The summed E-state index contributed by atoms with van der Waals surface area (Å²) in [5, 5.41) is 0. The van der Waals surface area contributed by atoms with Crippen molar-refractivity contribution in [3.63, 3.8) is 0 Å². The van der Waals surface area contributed by atoms with E-state index in [1.54, 1.807) is 13.2 Å². The highest BCUT2D eigenvalue weighted by molar-refractivity contribution is 5.30. The zero-order valence-electron chi connectivity index (χ0n) is 10.1. The third kappa shape index (κ3) is 3.43. The normalized spacial score (nSPS) is 12.7. The monoisotopic (exact) mass is 225 g/mol. The number of anilines is 1. The molecule has 0 aliphatic carbocycles. The molecular formula is C11H19N3O2. The zero-order valence-corrected chi connectivity index (χ0v) is 10.1. The molecule has 0 aliphatic rings. The minimum absolute atomic E-state index is 0.0934. The molecule has 0 radical (unpaired) electrons. The highest BCUT2D eigenvalue weighted by Crippen LogP contribution is 2.18. The molecule has 1 aromatic rings. The van der Waals surface area contributed by atoms with Crippen LogP contribution in [0.5, 0.6) is 0 Å². The molecule has 0 spiro atoms. The Morgan fingerprint density at radius 2 is 2.12 bits per heavy atom. The second-order valence-corrected chi connectivity index (χ2v) is 3.43. The van der Waals surface area contributed by atoms with Crippen LogP contribution in [0.2, 0.25) is 0 Å². The highest BCUT2D eigenvalue weighted by Gasteiger charge is 2.14. The molecule has 16 heavy (non-hydrogen) atoms. The summed E-state index contributed by atoms with van der Waals surface area (Å²) in [5.74, 6) is 1.09. The Bertz CT molecular complexity index is 331. The minimum Gasteiger partial charge on any atom is -0.384 e. The Kier molecular flexibility index (Phi) is 5.14. The largest absolute Gasteiger partial charge is 0.384 e. The molecule has 5 nitrogen and oxygen atoms in total. The lowest BCUT2D eigenvalue weighted by molar-refractivity contribution is 0.0530. The number of methoxy groups -OCH3 is 1. The van der Waals surface area contributed by atoms with E-state index in [1.165, 1.54) is 0 Å². The van der Waals surface area contributed by atoms with E-state index in [1.807, 2.05) is 13.8 Å². The van der Waals surface area contributed by atoms with Gasteiger partial charge in [0, 0.05) is 19.8 Å². The van der Waals surface area contributed by atoms with Crippen molar-refractivity contribution in [1.29, 1.82) is 0 Å². The van der Waals surface area contributed by atoms with Gasteiger partial charge in [0.25, 0.3) is 0 Å². The summed E-state index contributed by atoms with van der Waals surface area (Å²) in [6.45, 7) is 5.05. The molecule has 1 aromatic heterocycles. The Balaban J connectivity index is 2.92. The van der Waals surface area contributed by atoms with Crippen LogP contribution in [0.4, 0.5) is 5.82 Å². The molecular weight excluding hydrogens is 206 g/mol. The second-order valence-electron chi connectivity index (χ2n) is 3.43. The standard InChI is InChI=1S/C11H19N3O2/c1-4-9(16-5-2)11-13-8(7-15-3)6-10(12)14-11/h6,9H,4-5,7H2,1-3H3,(H2,12,13,14). The third-order valence-electron chi connectivity index (χ3n) is 2.14. The van der Waals surface area contributed by atoms with E-state index in [2.05, 4.69) is 9.97 Å². The lowest BCUT2D eigenvalue weighted by Gasteiger charge is -2.14. The first-order valence-electron chi connectivity index (χ1n) is 5.45. The highest BCUT2D eigenvalue weighted by atomic mass is 16.5. The van der Waals surface area contributed by atoms with Gasteiger partial charge in [0.15, 0.2) is 5.82 Å². The van der Waals surface area contributed by atoms with Crippen molar-refractivity contribution in [2.45, 2.75) is 33.0 Å². The quantitative estimate of drug-likeness (QED) is 0.797. The number of nitrogen functional groups attached to an aromatic ring is 1. The maximum atomic E-state index is 5.72. The van der Waals surface area contributed by atoms with E-state index in [9.17, 15) is 0 Å². The summed E-state index contributed by atoms with van der Waals surface area (Å²) in [6, 6.07) is 1.71. The van der Waals surface area contributed by atoms with Crippen molar-refractivity contribution in [3.8, 4) is 0 Å². The van der Waals surface area contributed by atoms with Crippen molar-refractivity contribution in [3.05, 3.63) is 17.6 Å². The number of hydrogen-bond donors (Lipinski definition) is 1. The summed E-state index contributed by atoms with van der Waals surface area (Å²) in [4.78, 5) is 8.56. The number of aromatic nitrogens is 2. The van der Waals surface area contributed by atoms with Gasteiger partial charge in [-0.25, -0.2) is 9.97 Å². The van der Waals surface area contributed by atoms with E-state index in [4.69, 9.17) is 15.2 Å². The van der Waals surface area contributed by atoms with Crippen LogP contribution in [-0.2, 0) is 16.1 Å². The number of ether oxygens (including phenoxy) is 2. The van der Waals surface area contributed by atoms with E-state index < -0.39 is 0 Å². The second kappa shape index (κ2) is 6.40. The first kappa shape index (κ1) is 12.9. The number of rotatable bonds is 6. The fraction of sp³-hybridized carbons (Fsp3) is 0.636. The molecule has 0 aliphatic heterocycles. The number of hydrogen-bond acceptors (Lipinski definition) is 5. The van der Waals surface area contributed by atoms with Crippen LogP contribution >= 0.6 is 0 Å². The minimum atomic E-state index is -0.0934. The van der Waals surface area contributed by atoms with Crippen molar-refractivity contribution < 1.29 is 9.47 Å². The molecule has 0 bridgehead atoms. The predicted molar refractivity (Wildman–Crippen MR) is 61.8 cm³/mol. The SMILES string of the molecule is CCOC(CC)c1nc(N)cc(COC)n1. The third-order valence-corrected chi connectivity index (χ3v) is 2.14. The molecule has 1 heterocycles. The molecule has 1 rings (SSSR count). The molecule has 90 valence electrons. The maximum absolute atomic E-state index is 5.72. The molecule has 0 saturated carbocycles. The van der Waals surface area contributed by atoms with Gasteiger partial charge in [-0.05, 0) is 13.3 Å². The fourth-order valence-corrected chi connectivity index (χ4v) is 1.48. The molecule has 2 N–H and O–H groups in total. The summed E-state index contributed by atoms with van der Waals surface area (Å²) in [6.07, 6.45) is 0.730. The van der Waals surface area contributed by atoms with E-state index in [0.29, 0.717) is 24.9 Å². The lowest BCUT2D eigenvalue weighted by atomic mass is 10.2. The molecule has 0 saturated heterocycles. The van der Waals surface area contributed by atoms with Crippen LogP contribution in [0.1, 0.15) is 37.9 Å². The van der Waals surface area contributed by atoms with E-state index in [0.717, 1.165) is 12.1 Å². The van der Waals surface area contributed by atoms with Gasteiger partial charge in [-0.15, -0.1) is 0 Å². The molecule has 0 aromatic carbocycles. The molecule has 5 heteroatoms. The van der Waals surface area contributed by atoms with Crippen LogP contribution in [-0.4, -0.2) is 23.7 Å². The summed E-state index contributed by atoms with van der Waals surface area (Å²) >= 11 is 0. The molecule has 1 atom stereocenters. The summed E-state index contributed by atoms with van der Waals surface area (Å²) in [5.41, 5.74) is 6.50. The molecule has 1 unspecified atom stereocenters. The van der Waals surface area contributed by atoms with Gasteiger partial charge in [-0.2, -0.15) is 0 Å². The Morgan fingerprint density at radius 1 is 1.38 bits per heavy atom. The van der Waals surface area contributed by atoms with E-state index in [-0.39, 0.29) is 6.10 Å². The first-order valence-corrected chi connectivity index (χ1v) is 5.45. The smallest absolute Gasteiger partial charge is 0.159 e. The predicted octanol–water partition coefficient (Wildman–Crippen LogP) is 1.69. The molecule has 0 fully saturated rings. The van der Waals surface area contributed by atoms with Crippen molar-refractivity contribution in [1.82, 2.24) is 9.97 Å². The van der Waals surface area contributed by atoms with Gasteiger partial charge in [0.2, 0.25) is 0 Å². The Hall–Kier alpha value is -1.20. The fourth-order valence-electron chi connectivity index (χ4n) is 1.48. The van der Waals surface area contributed by atoms with E-state index >= 15 is 0 Å². The average Bonchev–Trinajstić information content (AvgIpc) is 2.25. The van der Waals surface area contributed by atoms with Gasteiger partial charge in [-0.1, -0.05) is 6.92 Å². The molecule has 0 amide bonds. The summed E-state index contributed by atoms with van der Waals surface area (Å²) < 4.78 is 10.6. The number of nitrogens with two attached hydrogens (primary N) is 1. The van der Waals surface area contributed by atoms with Crippen LogP contribution < -0.4 is 5.73 Å². The van der Waals surface area contributed by atoms with Crippen LogP contribution in [0.15, 0.2) is 6.07 Å². The van der Waals surface area contributed by atoms with Crippen molar-refractivity contribution >= 4 is 5.82 Å². The zero-order chi connectivity index (χ0) is 12.0. The van der Waals surface area contributed by atoms with Gasteiger partial charge < -0.3 is 15.2 Å². The van der Waals surface area contributed by atoms with Crippen molar-refractivity contribution in [2.75, 3.05) is 19.5 Å². The maximum Gasteiger partial charge on any atom is 0.159 e. The summed E-state index contributed by atoms with van der Waals surface area (Å²) in [7, 11) is 1.62. The first-order chi connectivity index (χ1) is 7.71. The van der Waals surface area contributed by atoms with Gasteiger partial charge in [0.05, 0.1) is 12.3 Å². The average molecular weight is 225 g/mol. The van der Waals surface area contributed by atoms with Crippen LogP contribution in [0.3, 0.4) is 0 Å². The number of nitrogens with zero attached hydrogens (tertiary/aromatic N) is 2. The Morgan fingerprint density at radius 3 is 2.69 bits per heavy atom. The van der Waals surface area contributed by atoms with Gasteiger partial charge in [-0.3, -0.25) is 0 Å². The lowest BCUT2D eigenvalue weighted by Crippen LogP contribution is -2.11. The Labute approximate surface area is 96.0 Å².